The number of ether oxygens (including phenoxy) is 1. The molecule has 0 heterocycles. The molecule has 1 aliphatic carbocycles. The van der Waals surface area contributed by atoms with Gasteiger partial charge in [-0.15, -0.1) is 0 Å². The highest BCUT2D eigenvalue weighted by Gasteiger charge is 2.13. The number of hydrogen-bond donors (Lipinski definition) is 3. The van der Waals surface area contributed by atoms with Crippen LogP contribution in [-0.4, -0.2) is 35.1 Å². The Morgan fingerprint density at radius 2 is 2.09 bits per heavy atom. The average Bonchev–Trinajstić information content (AvgIpc) is 2.55. The number of nitrogens with one attached hydrogen (secondary N) is 2. The Labute approximate surface area is 140 Å². The monoisotopic (exact) mass is 335 g/mol. The highest BCUT2D eigenvalue weighted by atomic mass is 32.1. The molecule has 0 spiro atoms. The lowest BCUT2D eigenvalue weighted by atomic mass is 9.96. The first-order valence-electron chi connectivity index (χ1n) is 7.68. The summed E-state index contributed by atoms with van der Waals surface area (Å²) >= 11 is 5.22. The van der Waals surface area contributed by atoms with Gasteiger partial charge >= 0.3 is 5.97 Å². The van der Waals surface area contributed by atoms with Gasteiger partial charge in [0.1, 0.15) is 5.75 Å². The number of thiocarbonyl (C=S) groups is 1. The molecule has 7 heteroatoms. The van der Waals surface area contributed by atoms with Gasteiger partial charge in [0.05, 0.1) is 6.21 Å². The summed E-state index contributed by atoms with van der Waals surface area (Å²) in [5.74, 6) is -0.556. The van der Waals surface area contributed by atoms with Crippen molar-refractivity contribution in [3.63, 3.8) is 0 Å². The van der Waals surface area contributed by atoms with Gasteiger partial charge in [-0.3, -0.25) is 5.43 Å². The van der Waals surface area contributed by atoms with E-state index >= 15 is 0 Å². The summed E-state index contributed by atoms with van der Waals surface area (Å²) in [7, 11) is 0. The van der Waals surface area contributed by atoms with Crippen LogP contribution in [0.4, 0.5) is 0 Å². The van der Waals surface area contributed by atoms with E-state index in [2.05, 4.69) is 15.8 Å². The molecule has 3 N–H and O–H groups in total. The third-order valence-electron chi connectivity index (χ3n) is 3.58. The maximum absolute atomic E-state index is 10.6. The number of carbonyl (C=O) groups is 1. The van der Waals surface area contributed by atoms with Crippen molar-refractivity contribution in [1.82, 2.24) is 10.7 Å². The summed E-state index contributed by atoms with van der Waals surface area (Å²) in [5.41, 5.74) is 3.47. The standard InChI is InChI=1S/C16H21N3O3S/c20-15(21)11-22-14-9-5-4-6-12(14)10-17-19-16(23)18-13-7-2-1-3-8-13/h4-6,9-10,13H,1-3,7-8,11H2,(H,20,21)(H2,18,19,23). The summed E-state index contributed by atoms with van der Waals surface area (Å²) in [6.45, 7) is -0.389. The molecule has 124 valence electrons. The summed E-state index contributed by atoms with van der Waals surface area (Å²) in [6.07, 6.45) is 7.60. The minimum atomic E-state index is -1.02. The summed E-state index contributed by atoms with van der Waals surface area (Å²) in [4.78, 5) is 10.6. The van der Waals surface area contributed by atoms with Crippen molar-refractivity contribution < 1.29 is 14.6 Å². The van der Waals surface area contributed by atoms with E-state index in [1.165, 1.54) is 19.3 Å². The topological polar surface area (TPSA) is 83.0 Å². The zero-order valence-corrected chi connectivity index (χ0v) is 13.6. The van der Waals surface area contributed by atoms with E-state index in [0.717, 1.165) is 12.8 Å². The minimum absolute atomic E-state index is 0.389. The van der Waals surface area contributed by atoms with E-state index in [0.29, 0.717) is 22.5 Å². The van der Waals surface area contributed by atoms with Crippen molar-refractivity contribution in [3.8, 4) is 5.75 Å². The summed E-state index contributed by atoms with van der Waals surface area (Å²) in [6, 6.07) is 7.51. The number of hydrogen-bond acceptors (Lipinski definition) is 4. The van der Waals surface area contributed by atoms with Crippen molar-refractivity contribution in [2.24, 2.45) is 5.10 Å². The Balaban J connectivity index is 1.84. The summed E-state index contributed by atoms with van der Waals surface area (Å²) < 4.78 is 5.21. The first-order chi connectivity index (χ1) is 11.1. The normalized spacial score (nSPS) is 15.3. The Kier molecular flexibility index (Phi) is 6.80. The number of aliphatic carboxylic acids is 1. The van der Waals surface area contributed by atoms with Gasteiger partial charge in [0.25, 0.3) is 0 Å². The molecule has 2 rings (SSSR count). The van der Waals surface area contributed by atoms with Crippen LogP contribution in [0.2, 0.25) is 0 Å². The third kappa shape index (κ3) is 6.23. The number of benzene rings is 1. The van der Waals surface area contributed by atoms with Crippen LogP contribution in [0, 0.1) is 0 Å². The molecule has 23 heavy (non-hydrogen) atoms. The molecule has 0 amide bonds. The van der Waals surface area contributed by atoms with Crippen LogP contribution in [-0.2, 0) is 4.79 Å². The average molecular weight is 335 g/mol. The first kappa shape index (κ1) is 17.2. The van der Waals surface area contributed by atoms with Crippen LogP contribution in [0.1, 0.15) is 37.7 Å². The van der Waals surface area contributed by atoms with Crippen LogP contribution < -0.4 is 15.5 Å². The molecule has 0 atom stereocenters. The van der Waals surface area contributed by atoms with Crippen LogP contribution in [0.25, 0.3) is 0 Å². The lowest BCUT2D eigenvalue weighted by Crippen LogP contribution is -2.40. The molecule has 0 saturated heterocycles. The van der Waals surface area contributed by atoms with E-state index < -0.39 is 5.97 Å². The number of para-hydroxylation sites is 1. The lowest BCUT2D eigenvalue weighted by molar-refractivity contribution is -0.139. The van der Waals surface area contributed by atoms with Gasteiger partial charge in [0.2, 0.25) is 0 Å². The van der Waals surface area contributed by atoms with Crippen molar-refractivity contribution in [2.75, 3.05) is 6.61 Å². The Hall–Kier alpha value is -2.15. The van der Waals surface area contributed by atoms with Crippen LogP contribution in [0.15, 0.2) is 29.4 Å². The molecule has 1 aromatic carbocycles. The molecule has 1 aromatic rings. The largest absolute Gasteiger partial charge is 0.481 e. The SMILES string of the molecule is O=C(O)COc1ccccc1C=NNC(=S)NC1CCCCC1. The van der Waals surface area contributed by atoms with Crippen LogP contribution >= 0.6 is 12.2 Å². The number of rotatable bonds is 6. The molecular formula is C16H21N3O3S. The van der Waals surface area contributed by atoms with Gasteiger partial charge in [-0.1, -0.05) is 31.4 Å². The maximum atomic E-state index is 10.6. The van der Waals surface area contributed by atoms with Crippen molar-refractivity contribution >= 4 is 29.5 Å². The predicted molar refractivity (Wildman–Crippen MR) is 92.9 cm³/mol. The number of carboxylic acid groups (broad SMARTS) is 1. The Morgan fingerprint density at radius 1 is 1.35 bits per heavy atom. The lowest BCUT2D eigenvalue weighted by Gasteiger charge is -2.23. The van der Waals surface area contributed by atoms with Crippen molar-refractivity contribution in [3.05, 3.63) is 29.8 Å². The molecule has 0 bridgehead atoms. The quantitative estimate of drug-likeness (QED) is 0.420. The fourth-order valence-corrected chi connectivity index (χ4v) is 2.70. The van der Waals surface area contributed by atoms with E-state index in [-0.39, 0.29) is 6.61 Å². The number of nitrogens with zero attached hydrogens (tertiary/aromatic N) is 1. The molecule has 0 radical (unpaired) electrons. The molecule has 6 nitrogen and oxygen atoms in total. The fraction of sp³-hybridized carbons (Fsp3) is 0.438. The molecule has 1 fully saturated rings. The minimum Gasteiger partial charge on any atom is -0.481 e. The van der Waals surface area contributed by atoms with E-state index in [9.17, 15) is 4.79 Å². The zero-order chi connectivity index (χ0) is 16.5. The zero-order valence-electron chi connectivity index (χ0n) is 12.8. The molecule has 0 aliphatic heterocycles. The van der Waals surface area contributed by atoms with Crippen LogP contribution in [0.5, 0.6) is 5.75 Å². The van der Waals surface area contributed by atoms with Crippen molar-refractivity contribution in [1.29, 1.82) is 0 Å². The van der Waals surface area contributed by atoms with Crippen LogP contribution in [0.3, 0.4) is 0 Å². The molecular weight excluding hydrogens is 314 g/mol. The molecule has 1 saturated carbocycles. The highest BCUT2D eigenvalue weighted by molar-refractivity contribution is 7.80. The highest BCUT2D eigenvalue weighted by Crippen LogP contribution is 2.17. The van der Waals surface area contributed by atoms with Gasteiger partial charge in [-0.05, 0) is 37.2 Å². The van der Waals surface area contributed by atoms with E-state index in [1.807, 2.05) is 6.07 Å². The molecule has 0 unspecified atom stereocenters. The summed E-state index contributed by atoms with van der Waals surface area (Å²) in [5, 5.41) is 16.5. The smallest absolute Gasteiger partial charge is 0.341 e. The first-order valence-corrected chi connectivity index (χ1v) is 8.09. The molecule has 0 aromatic heterocycles. The predicted octanol–water partition coefficient (Wildman–Crippen LogP) is 2.28. The van der Waals surface area contributed by atoms with Gasteiger partial charge in [0, 0.05) is 11.6 Å². The second-order valence-electron chi connectivity index (χ2n) is 5.40. The van der Waals surface area contributed by atoms with Gasteiger partial charge < -0.3 is 15.2 Å². The molecule has 1 aliphatic rings. The van der Waals surface area contributed by atoms with Gasteiger partial charge in [0.15, 0.2) is 11.7 Å². The number of hydrazone groups is 1. The second-order valence-corrected chi connectivity index (χ2v) is 5.81. The second kappa shape index (κ2) is 9.09. The third-order valence-corrected chi connectivity index (χ3v) is 3.79. The van der Waals surface area contributed by atoms with Gasteiger partial charge in [-0.2, -0.15) is 5.10 Å². The fourth-order valence-electron chi connectivity index (χ4n) is 2.48. The Morgan fingerprint density at radius 3 is 2.83 bits per heavy atom. The maximum Gasteiger partial charge on any atom is 0.341 e. The number of carboxylic acids is 1. The van der Waals surface area contributed by atoms with E-state index in [1.54, 1.807) is 24.4 Å². The van der Waals surface area contributed by atoms with E-state index in [4.69, 9.17) is 22.1 Å². The van der Waals surface area contributed by atoms with Crippen molar-refractivity contribution in [2.45, 2.75) is 38.1 Å². The Bertz CT molecular complexity index is 571. The van der Waals surface area contributed by atoms with Gasteiger partial charge in [-0.25, -0.2) is 4.79 Å².